The first kappa shape index (κ1) is 25.3. The predicted molar refractivity (Wildman–Crippen MR) is 122 cm³/mol. The Labute approximate surface area is 190 Å². The molecule has 1 heterocycles. The van der Waals surface area contributed by atoms with Crippen LogP contribution in [0.1, 0.15) is 70.4 Å². The van der Waals surface area contributed by atoms with Crippen molar-refractivity contribution in [1.82, 2.24) is 10.2 Å². The number of unbranched alkanes of at least 4 members (excludes halogenated alkanes) is 1. The maximum Gasteiger partial charge on any atom is 0.408 e. The van der Waals surface area contributed by atoms with Gasteiger partial charge in [0, 0.05) is 37.9 Å². The Morgan fingerprint density at radius 1 is 1.12 bits per heavy atom. The number of carboxylic acids is 1. The Balaban J connectivity index is 2.04. The molecule has 174 valence electrons. The smallest absolute Gasteiger partial charge is 0.408 e. The van der Waals surface area contributed by atoms with E-state index in [0.717, 1.165) is 30.4 Å². The fourth-order valence-electron chi connectivity index (χ4n) is 3.44. The Hall–Kier alpha value is -3.01. The van der Waals surface area contributed by atoms with Crippen LogP contribution in [0, 0.1) is 11.8 Å². The molecule has 1 atom stereocenters. The summed E-state index contributed by atoms with van der Waals surface area (Å²) in [7, 11) is 0. The van der Waals surface area contributed by atoms with Gasteiger partial charge in [-0.2, -0.15) is 0 Å². The van der Waals surface area contributed by atoms with Crippen LogP contribution < -0.4 is 5.32 Å². The summed E-state index contributed by atoms with van der Waals surface area (Å²) in [6.45, 7) is 6.78. The third-order valence-electron chi connectivity index (χ3n) is 4.98. The first-order valence-electron chi connectivity index (χ1n) is 11.2. The maximum absolute atomic E-state index is 13.1. The van der Waals surface area contributed by atoms with E-state index in [1.54, 1.807) is 20.8 Å². The molecular formula is C25H34N2O5. The third-order valence-corrected chi connectivity index (χ3v) is 4.98. The van der Waals surface area contributed by atoms with E-state index in [2.05, 4.69) is 17.2 Å². The summed E-state index contributed by atoms with van der Waals surface area (Å²) >= 11 is 0. The van der Waals surface area contributed by atoms with Gasteiger partial charge in [0.05, 0.1) is 0 Å². The number of piperidine rings is 1. The second kappa shape index (κ2) is 12.1. The molecule has 0 unspecified atom stereocenters. The quantitative estimate of drug-likeness (QED) is 0.495. The Morgan fingerprint density at radius 3 is 2.38 bits per heavy atom. The van der Waals surface area contributed by atoms with Crippen LogP contribution in [0.25, 0.3) is 0 Å². The normalized spacial score (nSPS) is 14.7. The van der Waals surface area contributed by atoms with Crippen LogP contribution in [0.5, 0.6) is 0 Å². The van der Waals surface area contributed by atoms with E-state index in [9.17, 15) is 14.4 Å². The molecule has 1 aliphatic rings. The molecule has 1 saturated heterocycles. The molecule has 1 aromatic rings. The summed E-state index contributed by atoms with van der Waals surface area (Å²) < 4.78 is 5.37. The molecule has 2 N–H and O–H groups in total. The second-order valence-corrected chi connectivity index (χ2v) is 9.03. The van der Waals surface area contributed by atoms with Crippen LogP contribution in [-0.2, 0) is 20.7 Å². The number of carboxylic acid groups (broad SMARTS) is 1. The van der Waals surface area contributed by atoms with Crippen molar-refractivity contribution in [2.45, 2.75) is 77.4 Å². The minimum Gasteiger partial charge on any atom is -0.481 e. The molecule has 0 saturated carbocycles. The van der Waals surface area contributed by atoms with E-state index < -0.39 is 23.7 Å². The first-order chi connectivity index (χ1) is 15.1. The molecule has 1 aromatic carbocycles. The molecule has 1 aliphatic heterocycles. The number of ether oxygens (including phenoxy) is 1. The highest BCUT2D eigenvalue weighted by molar-refractivity contribution is 5.86. The third kappa shape index (κ3) is 9.42. The average Bonchev–Trinajstić information content (AvgIpc) is 2.72. The summed E-state index contributed by atoms with van der Waals surface area (Å²) in [5.74, 6) is 5.10. The number of alkyl carbamates (subject to hydrolysis) is 1. The number of likely N-dealkylation sites (tertiary alicyclic amines) is 1. The van der Waals surface area contributed by atoms with Gasteiger partial charge in [-0.25, -0.2) is 4.79 Å². The number of carbonyl (C=O) groups is 3. The largest absolute Gasteiger partial charge is 0.481 e. The zero-order valence-electron chi connectivity index (χ0n) is 19.3. The lowest BCUT2D eigenvalue weighted by molar-refractivity contribution is -0.137. The predicted octanol–water partition coefficient (Wildman–Crippen LogP) is 3.74. The van der Waals surface area contributed by atoms with E-state index in [1.807, 2.05) is 29.2 Å². The number of nitrogens with one attached hydrogen (secondary N) is 1. The molecule has 32 heavy (non-hydrogen) atoms. The molecule has 0 radical (unpaired) electrons. The van der Waals surface area contributed by atoms with Gasteiger partial charge in [-0.15, -0.1) is 0 Å². The number of carbonyl (C=O) groups excluding carboxylic acids is 2. The topological polar surface area (TPSA) is 95.9 Å². The van der Waals surface area contributed by atoms with Crippen molar-refractivity contribution in [3.63, 3.8) is 0 Å². The highest BCUT2D eigenvalue weighted by Gasteiger charge is 2.29. The van der Waals surface area contributed by atoms with Gasteiger partial charge in [-0.05, 0) is 64.2 Å². The molecule has 2 amide bonds. The lowest BCUT2D eigenvalue weighted by atomic mass is 10.0. The monoisotopic (exact) mass is 442 g/mol. The van der Waals surface area contributed by atoms with Crippen LogP contribution >= 0.6 is 0 Å². The standard InChI is InChI=1S/C25H34N2O5/c1-25(2,3)32-24(31)26-21(23(30)27-16-8-5-9-17-27)18-20-14-12-19(13-15-20)10-6-4-7-11-22(28)29/h12-15,21H,4-5,7-9,11,16-18H2,1-3H3,(H,26,31)(H,28,29)/t21-/m0/s1. The van der Waals surface area contributed by atoms with Crippen molar-refractivity contribution in [1.29, 1.82) is 0 Å². The molecule has 0 spiro atoms. The molecule has 0 aromatic heterocycles. The van der Waals surface area contributed by atoms with E-state index in [0.29, 0.717) is 32.4 Å². The highest BCUT2D eigenvalue weighted by atomic mass is 16.6. The molecule has 0 aliphatic carbocycles. The number of amides is 2. The van der Waals surface area contributed by atoms with Crippen molar-refractivity contribution in [2.24, 2.45) is 0 Å². The second-order valence-electron chi connectivity index (χ2n) is 9.03. The summed E-state index contributed by atoms with van der Waals surface area (Å²) in [5.41, 5.74) is 1.09. The Kier molecular flexibility index (Phi) is 9.58. The molecule has 7 heteroatoms. The van der Waals surface area contributed by atoms with Crippen LogP contribution in [0.15, 0.2) is 24.3 Å². The van der Waals surface area contributed by atoms with Crippen molar-refractivity contribution in [3.05, 3.63) is 35.4 Å². The number of hydrogen-bond acceptors (Lipinski definition) is 4. The number of aliphatic carboxylic acids is 1. The van der Waals surface area contributed by atoms with Crippen molar-refractivity contribution in [2.75, 3.05) is 13.1 Å². The minimum absolute atomic E-state index is 0.0853. The van der Waals surface area contributed by atoms with E-state index in [-0.39, 0.29) is 12.3 Å². The lowest BCUT2D eigenvalue weighted by Gasteiger charge is -2.31. The van der Waals surface area contributed by atoms with Gasteiger partial charge in [0.2, 0.25) is 5.91 Å². The van der Waals surface area contributed by atoms with Gasteiger partial charge >= 0.3 is 12.1 Å². The van der Waals surface area contributed by atoms with Gasteiger partial charge in [-0.3, -0.25) is 9.59 Å². The van der Waals surface area contributed by atoms with Gasteiger partial charge in [0.15, 0.2) is 0 Å². The first-order valence-corrected chi connectivity index (χ1v) is 11.2. The fraction of sp³-hybridized carbons (Fsp3) is 0.560. The Bertz CT molecular complexity index is 840. The number of hydrogen-bond donors (Lipinski definition) is 2. The average molecular weight is 443 g/mol. The zero-order chi connectivity index (χ0) is 23.6. The van der Waals surface area contributed by atoms with Crippen LogP contribution in [0.2, 0.25) is 0 Å². The van der Waals surface area contributed by atoms with Crippen LogP contribution in [-0.4, -0.2) is 52.7 Å². The molecule has 2 rings (SSSR count). The number of rotatable bonds is 7. The van der Waals surface area contributed by atoms with Crippen molar-refractivity contribution < 1.29 is 24.2 Å². The summed E-state index contributed by atoms with van der Waals surface area (Å²) in [6.07, 6.45) is 4.00. The van der Waals surface area contributed by atoms with Gasteiger partial charge in [0.25, 0.3) is 0 Å². The van der Waals surface area contributed by atoms with E-state index >= 15 is 0 Å². The summed E-state index contributed by atoms with van der Waals surface area (Å²) in [6, 6.07) is 6.84. The molecule has 0 bridgehead atoms. The van der Waals surface area contributed by atoms with Crippen LogP contribution in [0.3, 0.4) is 0 Å². The Morgan fingerprint density at radius 2 is 1.78 bits per heavy atom. The van der Waals surface area contributed by atoms with Crippen molar-refractivity contribution in [3.8, 4) is 11.8 Å². The highest BCUT2D eigenvalue weighted by Crippen LogP contribution is 2.14. The number of benzene rings is 1. The van der Waals surface area contributed by atoms with Gasteiger partial charge in [-0.1, -0.05) is 24.0 Å². The van der Waals surface area contributed by atoms with E-state index in [1.165, 1.54) is 0 Å². The minimum atomic E-state index is -0.815. The summed E-state index contributed by atoms with van der Waals surface area (Å²) in [5, 5.41) is 11.4. The van der Waals surface area contributed by atoms with Gasteiger partial charge in [0.1, 0.15) is 11.6 Å². The van der Waals surface area contributed by atoms with Crippen molar-refractivity contribution >= 4 is 18.0 Å². The lowest BCUT2D eigenvalue weighted by Crippen LogP contribution is -2.51. The molecule has 7 nitrogen and oxygen atoms in total. The van der Waals surface area contributed by atoms with E-state index in [4.69, 9.17) is 9.84 Å². The molecular weight excluding hydrogens is 408 g/mol. The molecule has 1 fully saturated rings. The SMILES string of the molecule is CC(C)(C)OC(=O)N[C@@H](Cc1ccc(C#CCCCC(=O)O)cc1)C(=O)N1CCCCC1. The maximum atomic E-state index is 13.1. The number of nitrogens with zero attached hydrogens (tertiary/aromatic N) is 1. The zero-order valence-corrected chi connectivity index (χ0v) is 19.3. The summed E-state index contributed by atoms with van der Waals surface area (Å²) in [4.78, 5) is 37.8. The van der Waals surface area contributed by atoms with Gasteiger partial charge < -0.3 is 20.1 Å². The van der Waals surface area contributed by atoms with Crippen LogP contribution in [0.4, 0.5) is 4.79 Å². The fourth-order valence-corrected chi connectivity index (χ4v) is 3.44.